The average molecular weight is 541 g/mol. The van der Waals surface area contributed by atoms with Crippen LogP contribution in [0.1, 0.15) is 96.4 Å². The Bertz CT molecular complexity index is 835. The van der Waals surface area contributed by atoms with E-state index in [2.05, 4.69) is 41.5 Å². The SMILES string of the molecule is CCOC(C)Oc1cc(OC(=O)C(C)(CC(C)(C)C)C(C)(C)C)cc(OC(C)OCC)c1OC(C)OCC. The molecule has 0 amide bonds. The van der Waals surface area contributed by atoms with Crippen LogP contribution in [-0.2, 0) is 19.0 Å². The third kappa shape index (κ3) is 10.3. The first-order chi connectivity index (χ1) is 17.5. The normalized spacial score (nSPS) is 16.2. The molecule has 0 aliphatic heterocycles. The minimum atomic E-state index is -0.761. The van der Waals surface area contributed by atoms with Crippen LogP contribution in [0.2, 0.25) is 0 Å². The largest absolute Gasteiger partial charge is 0.461 e. The topological polar surface area (TPSA) is 81.7 Å². The van der Waals surface area contributed by atoms with Crippen LogP contribution in [0.5, 0.6) is 23.0 Å². The van der Waals surface area contributed by atoms with E-state index >= 15 is 0 Å². The van der Waals surface area contributed by atoms with Crippen LogP contribution in [0.4, 0.5) is 0 Å². The molecule has 1 aromatic rings. The smallest absolute Gasteiger partial charge is 0.317 e. The van der Waals surface area contributed by atoms with Crippen molar-refractivity contribution in [1.82, 2.24) is 0 Å². The summed E-state index contributed by atoms with van der Waals surface area (Å²) in [6.45, 7) is 26.9. The minimum absolute atomic E-state index is 0.0868. The van der Waals surface area contributed by atoms with Gasteiger partial charge < -0.3 is 33.2 Å². The molecule has 1 rings (SSSR count). The zero-order valence-corrected chi connectivity index (χ0v) is 26.0. The second-order valence-corrected chi connectivity index (χ2v) is 11.9. The second kappa shape index (κ2) is 14.4. The highest BCUT2D eigenvalue weighted by molar-refractivity contribution is 5.80. The maximum Gasteiger partial charge on any atom is 0.317 e. The van der Waals surface area contributed by atoms with Gasteiger partial charge in [0.15, 0.2) is 30.4 Å². The van der Waals surface area contributed by atoms with Crippen LogP contribution in [0, 0.1) is 16.2 Å². The molecule has 0 saturated heterocycles. The lowest BCUT2D eigenvalue weighted by Crippen LogP contribution is -2.45. The van der Waals surface area contributed by atoms with Gasteiger partial charge in [-0.1, -0.05) is 41.5 Å². The van der Waals surface area contributed by atoms with Gasteiger partial charge in [-0.2, -0.15) is 0 Å². The molecule has 0 N–H and O–H groups in total. The quantitative estimate of drug-likeness (QED) is 0.130. The van der Waals surface area contributed by atoms with Crippen molar-refractivity contribution in [2.45, 2.75) is 115 Å². The molecule has 4 atom stereocenters. The number of rotatable bonds is 15. The highest BCUT2D eigenvalue weighted by atomic mass is 16.7. The van der Waals surface area contributed by atoms with Gasteiger partial charge in [0, 0.05) is 32.0 Å². The van der Waals surface area contributed by atoms with Crippen molar-refractivity contribution < 1.29 is 38.0 Å². The highest BCUT2D eigenvalue weighted by Gasteiger charge is 2.48. The molecule has 0 fully saturated rings. The predicted molar refractivity (Wildman–Crippen MR) is 149 cm³/mol. The Morgan fingerprint density at radius 2 is 1.11 bits per heavy atom. The molecule has 0 radical (unpaired) electrons. The monoisotopic (exact) mass is 540 g/mol. The fraction of sp³-hybridized carbons (Fsp3) is 0.767. The van der Waals surface area contributed by atoms with Gasteiger partial charge in [0.2, 0.25) is 5.75 Å². The van der Waals surface area contributed by atoms with E-state index in [9.17, 15) is 4.79 Å². The standard InChI is InChI=1S/C30H52O8/c1-14-32-20(4)35-24-17-23(38-27(31)30(13,29(10,11)12)19-28(7,8)9)18-25(36-21(5)33-15-2)26(24)37-22(6)34-16-3/h17-18,20-22H,14-16,19H2,1-13H3. The Morgan fingerprint density at radius 3 is 1.45 bits per heavy atom. The number of hydrogen-bond acceptors (Lipinski definition) is 8. The third-order valence-corrected chi connectivity index (χ3v) is 6.27. The van der Waals surface area contributed by atoms with Crippen LogP contribution in [-0.4, -0.2) is 44.7 Å². The third-order valence-electron chi connectivity index (χ3n) is 6.27. The van der Waals surface area contributed by atoms with Crippen LogP contribution in [0.3, 0.4) is 0 Å². The van der Waals surface area contributed by atoms with E-state index in [0.29, 0.717) is 43.5 Å². The van der Waals surface area contributed by atoms with Gasteiger partial charge in [-0.15, -0.1) is 0 Å². The maximum atomic E-state index is 13.8. The number of hydrogen-bond donors (Lipinski definition) is 0. The second-order valence-electron chi connectivity index (χ2n) is 11.9. The molecule has 0 aliphatic carbocycles. The van der Waals surface area contributed by atoms with Crippen molar-refractivity contribution in [3.8, 4) is 23.0 Å². The van der Waals surface area contributed by atoms with Gasteiger partial charge in [0.1, 0.15) is 5.75 Å². The summed E-state index contributed by atoms with van der Waals surface area (Å²) in [7, 11) is 0. The predicted octanol–water partition coefficient (Wildman–Crippen LogP) is 7.36. The van der Waals surface area contributed by atoms with E-state index in [4.69, 9.17) is 33.2 Å². The Hall–Kier alpha value is -2.03. The maximum absolute atomic E-state index is 13.8. The van der Waals surface area contributed by atoms with E-state index in [1.165, 1.54) is 0 Å². The number of esters is 1. The number of carbonyl (C=O) groups excluding carboxylic acids is 1. The van der Waals surface area contributed by atoms with Gasteiger partial charge in [-0.25, -0.2) is 0 Å². The number of benzene rings is 1. The van der Waals surface area contributed by atoms with Crippen molar-refractivity contribution in [2.24, 2.45) is 16.2 Å². The molecular formula is C30H52O8. The molecular weight excluding hydrogens is 488 g/mol. The minimum Gasteiger partial charge on any atom is -0.461 e. The molecule has 0 spiro atoms. The lowest BCUT2D eigenvalue weighted by atomic mass is 9.61. The summed E-state index contributed by atoms with van der Waals surface area (Å²) in [5, 5.41) is 0. The summed E-state index contributed by atoms with van der Waals surface area (Å²) in [6.07, 6.45) is -1.12. The van der Waals surface area contributed by atoms with E-state index in [-0.39, 0.29) is 22.5 Å². The van der Waals surface area contributed by atoms with Crippen molar-refractivity contribution in [3.63, 3.8) is 0 Å². The Kier molecular flexibility index (Phi) is 12.9. The molecule has 0 bridgehead atoms. The lowest BCUT2D eigenvalue weighted by Gasteiger charge is -2.43. The summed E-state index contributed by atoms with van der Waals surface area (Å²) < 4.78 is 41.1. The van der Waals surface area contributed by atoms with Crippen molar-refractivity contribution in [2.75, 3.05) is 19.8 Å². The Balaban J connectivity index is 3.64. The number of carbonyl (C=O) groups is 1. The Morgan fingerprint density at radius 1 is 0.711 bits per heavy atom. The van der Waals surface area contributed by atoms with E-state index in [1.807, 2.05) is 27.7 Å². The van der Waals surface area contributed by atoms with Gasteiger partial charge in [-0.05, 0) is 65.7 Å². The fourth-order valence-corrected chi connectivity index (χ4v) is 4.16. The van der Waals surface area contributed by atoms with Crippen molar-refractivity contribution in [3.05, 3.63) is 12.1 Å². The summed E-state index contributed by atoms with van der Waals surface area (Å²) >= 11 is 0. The van der Waals surface area contributed by atoms with Crippen LogP contribution < -0.4 is 18.9 Å². The van der Waals surface area contributed by atoms with E-state index < -0.39 is 24.3 Å². The van der Waals surface area contributed by atoms with Gasteiger partial charge in [-0.3, -0.25) is 4.79 Å². The molecule has 220 valence electrons. The van der Waals surface area contributed by atoms with E-state index in [0.717, 1.165) is 0 Å². The zero-order valence-electron chi connectivity index (χ0n) is 26.0. The molecule has 0 heterocycles. The van der Waals surface area contributed by atoms with Crippen molar-refractivity contribution >= 4 is 5.97 Å². The Labute approximate surface area is 230 Å². The van der Waals surface area contributed by atoms with Crippen LogP contribution in [0.25, 0.3) is 0 Å². The molecule has 0 aliphatic rings. The molecule has 1 aromatic carbocycles. The van der Waals surface area contributed by atoms with Crippen LogP contribution >= 0.6 is 0 Å². The molecule has 0 saturated carbocycles. The molecule has 8 nitrogen and oxygen atoms in total. The molecule has 4 unspecified atom stereocenters. The van der Waals surface area contributed by atoms with Crippen molar-refractivity contribution in [1.29, 1.82) is 0 Å². The lowest BCUT2D eigenvalue weighted by molar-refractivity contribution is -0.154. The molecule has 38 heavy (non-hydrogen) atoms. The fourth-order valence-electron chi connectivity index (χ4n) is 4.16. The average Bonchev–Trinajstić information content (AvgIpc) is 2.74. The summed E-state index contributed by atoms with van der Waals surface area (Å²) in [4.78, 5) is 13.8. The first-order valence-electron chi connectivity index (χ1n) is 13.7. The van der Waals surface area contributed by atoms with Gasteiger partial charge >= 0.3 is 5.97 Å². The number of ether oxygens (including phenoxy) is 7. The van der Waals surface area contributed by atoms with Crippen LogP contribution in [0.15, 0.2) is 12.1 Å². The first-order valence-corrected chi connectivity index (χ1v) is 13.7. The summed E-state index contributed by atoms with van der Waals surface area (Å²) in [6, 6.07) is 3.25. The molecule has 0 aromatic heterocycles. The summed E-state index contributed by atoms with van der Waals surface area (Å²) in [5.41, 5.74) is -1.20. The molecule has 8 heteroatoms. The first kappa shape index (κ1) is 34.0. The van der Waals surface area contributed by atoms with Gasteiger partial charge in [0.05, 0.1) is 5.41 Å². The summed E-state index contributed by atoms with van der Waals surface area (Å²) in [5.74, 6) is 0.846. The van der Waals surface area contributed by atoms with Gasteiger partial charge in [0.25, 0.3) is 0 Å². The zero-order chi connectivity index (χ0) is 29.3. The van der Waals surface area contributed by atoms with E-state index in [1.54, 1.807) is 32.9 Å². The highest BCUT2D eigenvalue weighted by Crippen LogP contribution is 2.49.